The molecule has 0 radical (unpaired) electrons. The van der Waals surface area contributed by atoms with Crippen LogP contribution in [0.25, 0.3) is 0 Å². The molecular weight excluding hydrogens is 292 g/mol. The molecule has 21 heavy (non-hydrogen) atoms. The Morgan fingerprint density at radius 3 is 2.86 bits per heavy atom. The Kier molecular flexibility index (Phi) is 5.22. The molecule has 6 heteroatoms. The van der Waals surface area contributed by atoms with Crippen molar-refractivity contribution in [3.63, 3.8) is 0 Å². The van der Waals surface area contributed by atoms with Crippen molar-refractivity contribution >= 4 is 29.3 Å². The molecule has 0 saturated carbocycles. The number of carbonyl (C=O) groups is 2. The molecule has 1 aromatic carbocycles. The monoisotopic (exact) mass is 308 g/mol. The summed E-state index contributed by atoms with van der Waals surface area (Å²) in [6.45, 7) is 2.36. The van der Waals surface area contributed by atoms with E-state index >= 15 is 0 Å². The maximum atomic E-state index is 11.9. The van der Waals surface area contributed by atoms with E-state index in [1.54, 1.807) is 12.1 Å². The van der Waals surface area contributed by atoms with Crippen LogP contribution >= 0.6 is 11.6 Å². The minimum Gasteiger partial charge on any atom is -0.462 e. The molecule has 0 atom stereocenters. The maximum Gasteiger partial charge on any atom is 0.332 e. The molecule has 2 rings (SSSR count). The van der Waals surface area contributed by atoms with Crippen molar-refractivity contribution in [3.8, 4) is 0 Å². The van der Waals surface area contributed by atoms with Crippen LogP contribution in [0.5, 0.6) is 0 Å². The van der Waals surface area contributed by atoms with Gasteiger partial charge in [-0.25, -0.2) is 9.59 Å². The molecule has 0 aliphatic carbocycles. The van der Waals surface area contributed by atoms with Crippen molar-refractivity contribution in [3.05, 3.63) is 40.6 Å². The van der Waals surface area contributed by atoms with E-state index in [-0.39, 0.29) is 6.61 Å². The summed E-state index contributed by atoms with van der Waals surface area (Å²) < 4.78 is 4.76. The Balaban J connectivity index is 1.96. The third kappa shape index (κ3) is 4.49. The predicted molar refractivity (Wildman–Crippen MR) is 81.3 cm³/mol. The molecule has 0 spiro atoms. The summed E-state index contributed by atoms with van der Waals surface area (Å²) in [7, 11) is 0. The van der Waals surface area contributed by atoms with Gasteiger partial charge in [0.15, 0.2) is 0 Å². The van der Waals surface area contributed by atoms with Crippen LogP contribution in [0.2, 0.25) is 5.02 Å². The number of carbonyl (C=O) groups excluding carboxylic acids is 2. The van der Waals surface area contributed by atoms with Crippen LogP contribution in [-0.4, -0.2) is 18.6 Å². The number of rotatable bonds is 4. The Hall–Kier alpha value is -2.01. The zero-order valence-electron chi connectivity index (χ0n) is 11.7. The number of nitrogens with one attached hydrogen (secondary N) is 2. The summed E-state index contributed by atoms with van der Waals surface area (Å²) in [5.74, 6) is -0.441. The summed E-state index contributed by atoms with van der Waals surface area (Å²) in [6, 6.07) is 5.02. The minimum atomic E-state index is -0.441. The average Bonchev–Trinajstić information content (AvgIpc) is 2.42. The van der Waals surface area contributed by atoms with Gasteiger partial charge in [0.05, 0.1) is 6.61 Å². The Morgan fingerprint density at radius 1 is 1.38 bits per heavy atom. The molecule has 1 aromatic rings. The van der Waals surface area contributed by atoms with Crippen LogP contribution in [-0.2, 0) is 16.0 Å². The lowest BCUT2D eigenvalue weighted by Crippen LogP contribution is -2.30. The van der Waals surface area contributed by atoms with Gasteiger partial charge in [0.25, 0.3) is 0 Å². The predicted octanol–water partition coefficient (Wildman–Crippen LogP) is 3.24. The molecule has 0 fully saturated rings. The van der Waals surface area contributed by atoms with E-state index in [1.165, 1.54) is 6.08 Å². The van der Waals surface area contributed by atoms with Crippen LogP contribution in [0.1, 0.15) is 25.3 Å². The number of aryl methyl sites for hydroxylation is 1. The van der Waals surface area contributed by atoms with Gasteiger partial charge in [0.1, 0.15) is 0 Å². The van der Waals surface area contributed by atoms with Gasteiger partial charge in [-0.1, -0.05) is 31.0 Å². The standard InChI is InChI=1S/C15H17ClN2O3/c1-2-3-10-4-5-11(8-13(10)16)17-15(20)18-12-6-7-21-14(19)9-12/h4-5,8-9H,2-3,6-7H2,1H3,(H2,17,18,20). The third-order valence-corrected chi connectivity index (χ3v) is 3.36. The van der Waals surface area contributed by atoms with Crippen molar-refractivity contribution in [2.75, 3.05) is 11.9 Å². The van der Waals surface area contributed by atoms with E-state index in [9.17, 15) is 9.59 Å². The van der Waals surface area contributed by atoms with E-state index in [0.29, 0.717) is 22.8 Å². The SMILES string of the molecule is CCCc1ccc(NC(=O)NC2=CC(=O)OCC2)cc1Cl. The van der Waals surface area contributed by atoms with Crippen LogP contribution in [0, 0.1) is 0 Å². The molecule has 5 nitrogen and oxygen atoms in total. The van der Waals surface area contributed by atoms with Gasteiger partial charge in [-0.05, 0) is 24.1 Å². The molecule has 0 unspecified atom stereocenters. The fourth-order valence-corrected chi connectivity index (χ4v) is 2.30. The van der Waals surface area contributed by atoms with Crippen LogP contribution < -0.4 is 10.6 Å². The first-order chi connectivity index (χ1) is 10.1. The number of amides is 2. The zero-order valence-corrected chi connectivity index (χ0v) is 12.5. The number of hydrogen-bond donors (Lipinski definition) is 2. The maximum absolute atomic E-state index is 11.9. The summed E-state index contributed by atoms with van der Waals surface area (Å²) in [6.07, 6.45) is 3.69. The van der Waals surface area contributed by atoms with Crippen molar-refractivity contribution in [2.24, 2.45) is 0 Å². The van der Waals surface area contributed by atoms with E-state index in [4.69, 9.17) is 16.3 Å². The number of cyclic esters (lactones) is 1. The average molecular weight is 309 g/mol. The Labute approximate surface area is 128 Å². The van der Waals surface area contributed by atoms with E-state index in [1.807, 2.05) is 6.07 Å². The smallest absolute Gasteiger partial charge is 0.332 e. The lowest BCUT2D eigenvalue weighted by molar-refractivity contribution is -0.138. The Morgan fingerprint density at radius 2 is 2.19 bits per heavy atom. The molecule has 2 amide bonds. The highest BCUT2D eigenvalue weighted by Gasteiger charge is 2.13. The number of halogens is 1. The molecule has 2 N–H and O–H groups in total. The molecule has 0 bridgehead atoms. The second-order valence-corrected chi connectivity index (χ2v) is 5.13. The lowest BCUT2D eigenvalue weighted by Gasteiger charge is -2.15. The fourth-order valence-electron chi connectivity index (χ4n) is 2.02. The molecule has 1 aliphatic rings. The highest BCUT2D eigenvalue weighted by Crippen LogP contribution is 2.22. The van der Waals surface area contributed by atoms with Gasteiger partial charge in [0.2, 0.25) is 0 Å². The van der Waals surface area contributed by atoms with Crippen molar-refractivity contribution in [2.45, 2.75) is 26.2 Å². The first-order valence-corrected chi connectivity index (χ1v) is 7.20. The van der Waals surface area contributed by atoms with Gasteiger partial charge >= 0.3 is 12.0 Å². The van der Waals surface area contributed by atoms with E-state index < -0.39 is 12.0 Å². The van der Waals surface area contributed by atoms with E-state index in [2.05, 4.69) is 17.6 Å². The van der Waals surface area contributed by atoms with Crippen LogP contribution in [0.15, 0.2) is 30.0 Å². The van der Waals surface area contributed by atoms with Crippen molar-refractivity contribution in [1.82, 2.24) is 5.32 Å². The summed E-state index contributed by atoms with van der Waals surface area (Å²) in [5, 5.41) is 5.95. The van der Waals surface area contributed by atoms with Crippen molar-refractivity contribution < 1.29 is 14.3 Å². The number of hydrogen-bond acceptors (Lipinski definition) is 3. The topological polar surface area (TPSA) is 67.4 Å². The largest absolute Gasteiger partial charge is 0.462 e. The van der Waals surface area contributed by atoms with E-state index in [0.717, 1.165) is 18.4 Å². The van der Waals surface area contributed by atoms with Gasteiger partial charge < -0.3 is 15.4 Å². The zero-order chi connectivity index (χ0) is 15.2. The van der Waals surface area contributed by atoms with Gasteiger partial charge in [-0.3, -0.25) is 0 Å². The fraction of sp³-hybridized carbons (Fsp3) is 0.333. The molecule has 0 aromatic heterocycles. The second-order valence-electron chi connectivity index (χ2n) is 4.72. The number of anilines is 1. The van der Waals surface area contributed by atoms with Gasteiger partial charge in [0, 0.05) is 28.9 Å². The number of benzene rings is 1. The van der Waals surface area contributed by atoms with Gasteiger partial charge in [-0.2, -0.15) is 0 Å². The minimum absolute atomic E-state index is 0.280. The summed E-state index contributed by atoms with van der Waals surface area (Å²) >= 11 is 6.16. The molecular formula is C15H17ClN2O3. The first-order valence-electron chi connectivity index (χ1n) is 6.82. The quantitative estimate of drug-likeness (QED) is 0.839. The van der Waals surface area contributed by atoms with Crippen LogP contribution in [0.3, 0.4) is 0 Å². The van der Waals surface area contributed by atoms with Gasteiger partial charge in [-0.15, -0.1) is 0 Å². The number of esters is 1. The van der Waals surface area contributed by atoms with Crippen LogP contribution in [0.4, 0.5) is 10.5 Å². The number of urea groups is 1. The first kappa shape index (κ1) is 15.4. The Bertz CT molecular complexity index is 584. The molecule has 0 saturated heterocycles. The summed E-state index contributed by atoms with van der Waals surface area (Å²) in [5.41, 5.74) is 2.21. The molecule has 1 aliphatic heterocycles. The number of ether oxygens (including phenoxy) is 1. The highest BCUT2D eigenvalue weighted by atomic mass is 35.5. The van der Waals surface area contributed by atoms with Crippen molar-refractivity contribution in [1.29, 1.82) is 0 Å². The summed E-state index contributed by atoms with van der Waals surface area (Å²) in [4.78, 5) is 22.9. The lowest BCUT2D eigenvalue weighted by atomic mass is 10.1. The second kappa shape index (κ2) is 7.13. The third-order valence-electron chi connectivity index (χ3n) is 3.01. The molecule has 112 valence electrons. The normalized spacial score (nSPS) is 14.2. The highest BCUT2D eigenvalue weighted by molar-refractivity contribution is 6.31. The molecule has 1 heterocycles.